The lowest BCUT2D eigenvalue weighted by molar-refractivity contribution is -0.137. The first-order chi connectivity index (χ1) is 7.74. The van der Waals surface area contributed by atoms with Crippen molar-refractivity contribution in [2.45, 2.75) is 12.5 Å². The Balaban J connectivity index is 1.95. The monoisotopic (exact) mass is 220 g/mol. The van der Waals surface area contributed by atoms with Crippen molar-refractivity contribution < 1.29 is 19.1 Å². The van der Waals surface area contributed by atoms with Crippen molar-refractivity contribution in [1.29, 1.82) is 0 Å². The molecule has 2 saturated heterocycles. The summed E-state index contributed by atoms with van der Waals surface area (Å²) >= 11 is 0. The third-order valence-electron chi connectivity index (χ3n) is 4.64. The lowest BCUT2D eigenvalue weighted by atomic mass is 9.66. The van der Waals surface area contributed by atoms with Crippen molar-refractivity contribution in [3.05, 3.63) is 11.6 Å². The molecular weight excluding hydrogens is 208 g/mol. The fourth-order valence-electron chi connectivity index (χ4n) is 4.10. The van der Waals surface area contributed by atoms with Gasteiger partial charge in [0.25, 0.3) is 0 Å². The van der Waals surface area contributed by atoms with Gasteiger partial charge in [-0.25, -0.2) is 0 Å². The molecule has 4 rings (SSSR count). The summed E-state index contributed by atoms with van der Waals surface area (Å²) < 4.78 is 11.2. The smallest absolute Gasteiger partial charge is 0.167 e. The number of rotatable bonds is 0. The highest BCUT2D eigenvalue weighted by molar-refractivity contribution is 6.13. The Bertz CT molecular complexity index is 438. The van der Waals surface area contributed by atoms with Gasteiger partial charge in [-0.1, -0.05) is 0 Å². The van der Waals surface area contributed by atoms with E-state index in [1.165, 1.54) is 0 Å². The summed E-state index contributed by atoms with van der Waals surface area (Å²) in [5.74, 6) is -0.215. The van der Waals surface area contributed by atoms with Crippen molar-refractivity contribution in [2.24, 2.45) is 17.3 Å². The van der Waals surface area contributed by atoms with Gasteiger partial charge in [-0.2, -0.15) is 0 Å². The number of hydrogen-bond donors (Lipinski definition) is 0. The Morgan fingerprint density at radius 3 is 3.06 bits per heavy atom. The first-order valence-electron chi connectivity index (χ1n) is 5.71. The van der Waals surface area contributed by atoms with Crippen LogP contribution in [0.5, 0.6) is 0 Å². The summed E-state index contributed by atoms with van der Waals surface area (Å²) in [5, 5.41) is 0. The molecule has 4 heteroatoms. The van der Waals surface area contributed by atoms with Gasteiger partial charge >= 0.3 is 0 Å². The molecule has 84 valence electrons. The Kier molecular flexibility index (Phi) is 1.49. The van der Waals surface area contributed by atoms with Crippen molar-refractivity contribution in [3.8, 4) is 0 Å². The number of allylic oxidation sites excluding steroid dienone is 1. The van der Waals surface area contributed by atoms with E-state index in [1.54, 1.807) is 6.08 Å². The SMILES string of the molecule is O=C1C=C2CO[C@@H]3COC[C@H]4CC(=O)[C@H]1C243. The van der Waals surface area contributed by atoms with Crippen LogP contribution in [0.4, 0.5) is 0 Å². The van der Waals surface area contributed by atoms with E-state index in [2.05, 4.69) is 0 Å². The van der Waals surface area contributed by atoms with E-state index in [4.69, 9.17) is 9.47 Å². The zero-order chi connectivity index (χ0) is 10.9. The zero-order valence-electron chi connectivity index (χ0n) is 8.77. The highest BCUT2D eigenvalue weighted by atomic mass is 16.5. The highest BCUT2D eigenvalue weighted by Gasteiger charge is 2.69. The van der Waals surface area contributed by atoms with Crippen LogP contribution in [-0.2, 0) is 19.1 Å². The molecule has 0 radical (unpaired) electrons. The minimum absolute atomic E-state index is 0.00213. The quantitative estimate of drug-likeness (QED) is 0.544. The van der Waals surface area contributed by atoms with Gasteiger partial charge in [0.15, 0.2) is 5.78 Å². The van der Waals surface area contributed by atoms with E-state index in [-0.39, 0.29) is 29.0 Å². The molecule has 0 aromatic rings. The molecule has 4 atom stereocenters. The van der Waals surface area contributed by atoms with E-state index in [0.717, 1.165) is 5.57 Å². The van der Waals surface area contributed by atoms with Crippen LogP contribution in [-0.4, -0.2) is 37.5 Å². The number of ketones is 2. The highest BCUT2D eigenvalue weighted by Crippen LogP contribution is 2.62. The van der Waals surface area contributed by atoms with Gasteiger partial charge in [0.2, 0.25) is 0 Å². The third-order valence-corrected chi connectivity index (χ3v) is 4.64. The van der Waals surface area contributed by atoms with Crippen LogP contribution in [0.1, 0.15) is 6.42 Å². The predicted octanol–water partition coefficient (Wildman–Crippen LogP) is 0.116. The maximum absolute atomic E-state index is 12.0. The number of ether oxygens (including phenoxy) is 2. The summed E-state index contributed by atoms with van der Waals surface area (Å²) in [4.78, 5) is 23.9. The molecule has 4 nitrogen and oxygen atoms in total. The molecule has 1 unspecified atom stereocenters. The zero-order valence-corrected chi connectivity index (χ0v) is 8.77. The Morgan fingerprint density at radius 1 is 1.31 bits per heavy atom. The number of carbonyl (C=O) groups excluding carboxylic acids is 2. The number of hydrogen-bond acceptors (Lipinski definition) is 4. The third kappa shape index (κ3) is 0.749. The van der Waals surface area contributed by atoms with Gasteiger partial charge in [0, 0.05) is 17.8 Å². The maximum Gasteiger partial charge on any atom is 0.167 e. The second-order valence-corrected chi connectivity index (χ2v) is 5.14. The summed E-state index contributed by atoms with van der Waals surface area (Å²) in [6, 6.07) is 0. The van der Waals surface area contributed by atoms with Gasteiger partial charge < -0.3 is 9.47 Å². The molecule has 3 fully saturated rings. The van der Waals surface area contributed by atoms with E-state index >= 15 is 0 Å². The minimum Gasteiger partial charge on any atom is -0.378 e. The molecule has 2 aliphatic carbocycles. The molecule has 16 heavy (non-hydrogen) atoms. The summed E-state index contributed by atoms with van der Waals surface area (Å²) in [7, 11) is 0. The molecule has 4 aliphatic rings. The molecular formula is C12H12O4. The second kappa shape index (κ2) is 2.63. The fraction of sp³-hybridized carbons (Fsp3) is 0.667. The molecule has 0 N–H and O–H groups in total. The molecule has 2 aliphatic heterocycles. The van der Waals surface area contributed by atoms with Crippen molar-refractivity contribution in [1.82, 2.24) is 0 Å². The van der Waals surface area contributed by atoms with Gasteiger partial charge in [-0.3, -0.25) is 9.59 Å². The maximum atomic E-state index is 12.0. The normalized spacial score (nSPS) is 49.2. The minimum atomic E-state index is -0.455. The van der Waals surface area contributed by atoms with Crippen LogP contribution < -0.4 is 0 Å². The van der Waals surface area contributed by atoms with Crippen LogP contribution in [0.25, 0.3) is 0 Å². The van der Waals surface area contributed by atoms with Gasteiger partial charge in [0.1, 0.15) is 5.78 Å². The van der Waals surface area contributed by atoms with Crippen LogP contribution in [0, 0.1) is 17.3 Å². The summed E-state index contributed by atoms with van der Waals surface area (Å²) in [5.41, 5.74) is 0.735. The van der Waals surface area contributed by atoms with E-state index < -0.39 is 5.92 Å². The molecule has 1 saturated carbocycles. The largest absolute Gasteiger partial charge is 0.378 e. The molecule has 0 aromatic heterocycles. The molecule has 1 spiro atoms. The number of Topliss-reactive ketones (excluding diaryl/α,β-unsaturated/α-hetero) is 1. The Labute approximate surface area is 92.6 Å². The predicted molar refractivity (Wildman–Crippen MR) is 52.7 cm³/mol. The average Bonchev–Trinajstić information content (AvgIpc) is 2.81. The average molecular weight is 220 g/mol. The van der Waals surface area contributed by atoms with E-state index in [1.807, 2.05) is 0 Å². The van der Waals surface area contributed by atoms with Crippen LogP contribution in [0.2, 0.25) is 0 Å². The van der Waals surface area contributed by atoms with Crippen molar-refractivity contribution in [3.63, 3.8) is 0 Å². The molecule has 2 heterocycles. The Morgan fingerprint density at radius 2 is 2.19 bits per heavy atom. The van der Waals surface area contributed by atoms with Crippen molar-refractivity contribution >= 4 is 11.6 Å². The topological polar surface area (TPSA) is 52.6 Å². The standard InChI is InChI=1S/C12H12O4/c13-8-1-6-3-15-5-10-12(6)7(4-16-10)2-9(14)11(8)12/h2,6,10-11H,1,3-5H2/t6-,10-,11-,12?/m1/s1. The fourth-order valence-corrected chi connectivity index (χ4v) is 4.10. The molecule has 0 amide bonds. The Hall–Kier alpha value is -1.00. The van der Waals surface area contributed by atoms with Gasteiger partial charge in [-0.05, 0) is 11.6 Å². The van der Waals surface area contributed by atoms with Crippen LogP contribution >= 0.6 is 0 Å². The van der Waals surface area contributed by atoms with Crippen molar-refractivity contribution in [2.75, 3.05) is 19.8 Å². The number of carbonyl (C=O) groups is 2. The summed E-state index contributed by atoms with van der Waals surface area (Å²) in [6.07, 6.45) is 2.05. The van der Waals surface area contributed by atoms with Gasteiger partial charge in [-0.15, -0.1) is 0 Å². The van der Waals surface area contributed by atoms with Crippen LogP contribution in [0.15, 0.2) is 11.6 Å². The van der Waals surface area contributed by atoms with E-state index in [9.17, 15) is 9.59 Å². The summed E-state index contributed by atoms with van der Waals surface area (Å²) in [6.45, 7) is 1.61. The first kappa shape index (κ1) is 9.07. The molecule has 0 aromatic carbocycles. The van der Waals surface area contributed by atoms with Gasteiger partial charge in [0.05, 0.1) is 31.8 Å². The van der Waals surface area contributed by atoms with Crippen LogP contribution in [0.3, 0.4) is 0 Å². The molecule has 0 bridgehead atoms. The second-order valence-electron chi connectivity index (χ2n) is 5.14. The lowest BCUT2D eigenvalue weighted by Crippen LogP contribution is -2.48. The van der Waals surface area contributed by atoms with E-state index in [0.29, 0.717) is 26.2 Å². The lowest BCUT2D eigenvalue weighted by Gasteiger charge is -2.40. The first-order valence-corrected chi connectivity index (χ1v) is 5.71.